The van der Waals surface area contributed by atoms with Crippen molar-refractivity contribution in [2.75, 3.05) is 7.05 Å². The molecular formula is C17H21NO3. The van der Waals surface area contributed by atoms with Gasteiger partial charge < -0.3 is 9.53 Å². The number of ether oxygens (including phenoxy) is 1. The van der Waals surface area contributed by atoms with Crippen molar-refractivity contribution in [3.8, 4) is 12.3 Å². The zero-order valence-electron chi connectivity index (χ0n) is 13.1. The van der Waals surface area contributed by atoms with Gasteiger partial charge in [-0.05, 0) is 45.4 Å². The summed E-state index contributed by atoms with van der Waals surface area (Å²) in [5.74, 6) is 2.52. The number of likely N-dealkylation sites (N-methyl/N-ethyl adjacent to an activating group) is 1. The molecule has 4 nitrogen and oxygen atoms in total. The van der Waals surface area contributed by atoms with Crippen LogP contribution in [0.4, 0.5) is 4.79 Å². The highest BCUT2D eigenvalue weighted by molar-refractivity contribution is 5.78. The fraction of sp³-hybridized carbons (Fsp3) is 0.412. The lowest BCUT2D eigenvalue weighted by Crippen LogP contribution is -2.48. The smallest absolute Gasteiger partial charge is 0.411 e. The second kappa shape index (κ2) is 6.01. The van der Waals surface area contributed by atoms with Crippen LogP contribution in [-0.2, 0) is 15.1 Å². The number of hydrogen-bond acceptors (Lipinski definition) is 3. The molecule has 0 bridgehead atoms. The van der Waals surface area contributed by atoms with Crippen molar-refractivity contribution in [3.63, 3.8) is 0 Å². The van der Waals surface area contributed by atoms with Gasteiger partial charge in [-0.3, -0.25) is 4.90 Å². The Morgan fingerprint density at radius 1 is 1.33 bits per heavy atom. The zero-order chi connectivity index (χ0) is 16.3. The lowest BCUT2D eigenvalue weighted by molar-refractivity contribution is -0.117. The lowest BCUT2D eigenvalue weighted by atomic mass is 9.91. The molecule has 0 aliphatic carbocycles. The first-order valence-electron chi connectivity index (χ1n) is 6.64. The predicted octanol–water partition coefficient (Wildman–Crippen LogP) is 2.95. The first-order valence-corrected chi connectivity index (χ1v) is 6.64. The molecule has 0 aliphatic heterocycles. The second-order valence-electron chi connectivity index (χ2n) is 6.03. The van der Waals surface area contributed by atoms with Gasteiger partial charge in [-0.1, -0.05) is 18.1 Å². The minimum absolute atomic E-state index is 0.566. The van der Waals surface area contributed by atoms with Crippen LogP contribution < -0.4 is 0 Å². The molecule has 1 atom stereocenters. The van der Waals surface area contributed by atoms with Crippen molar-refractivity contribution >= 4 is 12.4 Å². The third-order valence-electron chi connectivity index (χ3n) is 3.21. The molecule has 0 aliphatic rings. The van der Waals surface area contributed by atoms with Crippen LogP contribution in [0.5, 0.6) is 0 Å². The van der Waals surface area contributed by atoms with Crippen LogP contribution in [-0.4, -0.2) is 29.9 Å². The number of benzene rings is 1. The summed E-state index contributed by atoms with van der Waals surface area (Å²) in [7, 11) is 1.53. The third kappa shape index (κ3) is 3.85. The molecule has 112 valence electrons. The number of amides is 1. The van der Waals surface area contributed by atoms with Crippen molar-refractivity contribution in [1.29, 1.82) is 0 Å². The molecule has 0 saturated carbocycles. The maximum absolute atomic E-state index is 12.2. The van der Waals surface area contributed by atoms with E-state index in [9.17, 15) is 9.59 Å². The summed E-state index contributed by atoms with van der Waals surface area (Å²) in [6.07, 6.45) is 5.53. The Bertz CT molecular complexity index is 580. The van der Waals surface area contributed by atoms with E-state index in [2.05, 4.69) is 5.92 Å². The molecule has 0 radical (unpaired) electrons. The Kier molecular flexibility index (Phi) is 4.80. The highest BCUT2D eigenvalue weighted by Gasteiger charge is 2.36. The molecule has 1 rings (SSSR count). The van der Waals surface area contributed by atoms with E-state index in [4.69, 9.17) is 11.2 Å². The number of rotatable bonds is 3. The molecule has 21 heavy (non-hydrogen) atoms. The highest BCUT2D eigenvalue weighted by Crippen LogP contribution is 2.27. The van der Waals surface area contributed by atoms with E-state index in [0.717, 1.165) is 0 Å². The van der Waals surface area contributed by atoms with Crippen LogP contribution in [0, 0.1) is 12.3 Å². The maximum Gasteiger partial charge on any atom is 0.411 e. The van der Waals surface area contributed by atoms with Gasteiger partial charge in [0.15, 0.2) is 0 Å². The summed E-state index contributed by atoms with van der Waals surface area (Å²) in [5.41, 5.74) is -0.482. The normalized spacial score (nSPS) is 13.7. The summed E-state index contributed by atoms with van der Waals surface area (Å²) in [6.45, 7) is 6.97. The largest absolute Gasteiger partial charge is 0.444 e. The summed E-state index contributed by atoms with van der Waals surface area (Å²) in [6, 6.07) is 7.00. The maximum atomic E-state index is 12.2. The second-order valence-corrected chi connectivity index (χ2v) is 6.03. The van der Waals surface area contributed by atoms with Gasteiger partial charge in [0, 0.05) is 12.6 Å². The SMILES string of the molecule is C#Cc1cccc(C(C)(C=O)N(C)C(=O)OC(C)(C)C)c1. The number of carbonyl (C=O) groups is 2. The summed E-state index contributed by atoms with van der Waals surface area (Å²) in [5, 5.41) is 0. The fourth-order valence-electron chi connectivity index (χ4n) is 1.78. The molecule has 1 aromatic rings. The quantitative estimate of drug-likeness (QED) is 0.634. The number of aldehydes is 1. The van der Waals surface area contributed by atoms with E-state index in [1.807, 2.05) is 0 Å². The Morgan fingerprint density at radius 2 is 1.95 bits per heavy atom. The van der Waals surface area contributed by atoms with E-state index in [1.165, 1.54) is 11.9 Å². The molecule has 0 fully saturated rings. The Labute approximate surface area is 126 Å². The number of carbonyl (C=O) groups excluding carboxylic acids is 2. The van der Waals surface area contributed by atoms with E-state index in [-0.39, 0.29) is 0 Å². The van der Waals surface area contributed by atoms with Crippen molar-refractivity contribution in [3.05, 3.63) is 35.4 Å². The first-order chi connectivity index (χ1) is 9.64. The van der Waals surface area contributed by atoms with Crippen molar-refractivity contribution in [2.24, 2.45) is 0 Å². The zero-order valence-corrected chi connectivity index (χ0v) is 13.1. The standard InChI is InChI=1S/C17H21NO3/c1-7-13-9-8-10-14(11-13)17(5,12-19)18(6)15(20)21-16(2,3)4/h1,8-12H,2-6H3. The van der Waals surface area contributed by atoms with Crippen LogP contribution in [0.2, 0.25) is 0 Å². The third-order valence-corrected chi connectivity index (χ3v) is 3.21. The molecule has 0 N–H and O–H groups in total. The molecule has 0 spiro atoms. The number of hydrogen-bond donors (Lipinski definition) is 0. The monoisotopic (exact) mass is 287 g/mol. The summed E-state index contributed by atoms with van der Waals surface area (Å²) < 4.78 is 5.31. The van der Waals surface area contributed by atoms with Gasteiger partial charge in [0.1, 0.15) is 17.4 Å². The predicted molar refractivity (Wildman–Crippen MR) is 81.8 cm³/mol. The van der Waals surface area contributed by atoms with Crippen LogP contribution in [0.1, 0.15) is 38.8 Å². The lowest BCUT2D eigenvalue weighted by Gasteiger charge is -2.35. The Hall–Kier alpha value is -2.28. The van der Waals surface area contributed by atoms with Gasteiger partial charge in [-0.2, -0.15) is 0 Å². The minimum atomic E-state index is -1.14. The first kappa shape index (κ1) is 16.8. The van der Waals surface area contributed by atoms with Gasteiger partial charge in [0.05, 0.1) is 0 Å². The summed E-state index contributed by atoms with van der Waals surface area (Å²) >= 11 is 0. The van der Waals surface area contributed by atoms with E-state index < -0.39 is 17.2 Å². The minimum Gasteiger partial charge on any atom is -0.444 e. The molecule has 4 heteroatoms. The van der Waals surface area contributed by atoms with Crippen LogP contribution in [0.3, 0.4) is 0 Å². The summed E-state index contributed by atoms with van der Waals surface area (Å²) in [4.78, 5) is 25.1. The average Bonchev–Trinajstić information content (AvgIpc) is 2.43. The fourth-order valence-corrected chi connectivity index (χ4v) is 1.78. The van der Waals surface area contributed by atoms with Gasteiger partial charge in [-0.15, -0.1) is 6.42 Å². The van der Waals surface area contributed by atoms with Gasteiger partial charge in [-0.25, -0.2) is 4.79 Å². The van der Waals surface area contributed by atoms with Gasteiger partial charge >= 0.3 is 6.09 Å². The van der Waals surface area contributed by atoms with Gasteiger partial charge in [0.2, 0.25) is 0 Å². The molecule has 1 unspecified atom stereocenters. The van der Waals surface area contributed by atoms with Crippen molar-refractivity contribution < 1.29 is 14.3 Å². The molecule has 0 heterocycles. The van der Waals surface area contributed by atoms with Crippen molar-refractivity contribution in [1.82, 2.24) is 4.90 Å². The van der Waals surface area contributed by atoms with Crippen LogP contribution in [0.15, 0.2) is 24.3 Å². The Morgan fingerprint density at radius 3 is 2.43 bits per heavy atom. The average molecular weight is 287 g/mol. The number of nitrogens with zero attached hydrogens (tertiary/aromatic N) is 1. The molecular weight excluding hydrogens is 266 g/mol. The molecule has 0 saturated heterocycles. The molecule has 1 aromatic carbocycles. The molecule has 0 aromatic heterocycles. The topological polar surface area (TPSA) is 46.6 Å². The van der Waals surface area contributed by atoms with E-state index >= 15 is 0 Å². The van der Waals surface area contributed by atoms with E-state index in [1.54, 1.807) is 52.0 Å². The van der Waals surface area contributed by atoms with Crippen LogP contribution in [0.25, 0.3) is 0 Å². The molecule has 1 amide bonds. The van der Waals surface area contributed by atoms with Crippen molar-refractivity contribution in [2.45, 2.75) is 38.8 Å². The Balaban J connectivity index is 3.17. The number of terminal acetylenes is 1. The van der Waals surface area contributed by atoms with Crippen LogP contribution >= 0.6 is 0 Å². The highest BCUT2D eigenvalue weighted by atomic mass is 16.6. The van der Waals surface area contributed by atoms with E-state index in [0.29, 0.717) is 17.4 Å². The van der Waals surface area contributed by atoms with Gasteiger partial charge in [0.25, 0.3) is 0 Å².